The van der Waals surface area contributed by atoms with E-state index in [0.717, 1.165) is 19.0 Å². The third-order valence-electron chi connectivity index (χ3n) is 3.73. The van der Waals surface area contributed by atoms with Gasteiger partial charge in [0.1, 0.15) is 0 Å². The molecule has 2 unspecified atom stereocenters. The highest BCUT2D eigenvalue weighted by molar-refractivity contribution is 5.76. The van der Waals surface area contributed by atoms with Gasteiger partial charge in [0.2, 0.25) is 0 Å². The number of piperazine rings is 1. The maximum Gasteiger partial charge on any atom is 0.0918 e. The van der Waals surface area contributed by atoms with Crippen LogP contribution in [0.2, 0.25) is 0 Å². The Morgan fingerprint density at radius 2 is 2.27 bits per heavy atom. The van der Waals surface area contributed by atoms with E-state index in [4.69, 9.17) is 11.1 Å². The van der Waals surface area contributed by atoms with E-state index in [1.165, 1.54) is 32.5 Å². The first-order valence-electron chi connectivity index (χ1n) is 5.98. The lowest BCUT2D eigenvalue weighted by atomic mass is 10.1. The Kier molecular flexibility index (Phi) is 3.26. The van der Waals surface area contributed by atoms with Crippen LogP contribution in [0.15, 0.2) is 0 Å². The van der Waals surface area contributed by atoms with Gasteiger partial charge in [0.25, 0.3) is 0 Å². The molecule has 86 valence electrons. The molecule has 15 heavy (non-hydrogen) atoms. The smallest absolute Gasteiger partial charge is 0.0918 e. The van der Waals surface area contributed by atoms with Crippen LogP contribution in [0.25, 0.3) is 0 Å². The third kappa shape index (κ3) is 2.49. The van der Waals surface area contributed by atoms with Crippen molar-refractivity contribution in [1.82, 2.24) is 9.80 Å². The highest BCUT2D eigenvalue weighted by atomic mass is 15.3. The zero-order valence-corrected chi connectivity index (χ0v) is 9.58. The van der Waals surface area contributed by atoms with Crippen LogP contribution in [0.5, 0.6) is 0 Å². The standard InChI is InChI=1S/C11H22N4/c1-9-7-15-5-2-3-10(15)8-14(9)6-4-11(12)13/h9-10H,2-8H2,1H3,(H3,12,13). The van der Waals surface area contributed by atoms with Crippen LogP contribution in [0.1, 0.15) is 26.2 Å². The summed E-state index contributed by atoms with van der Waals surface area (Å²) in [4.78, 5) is 5.11. The third-order valence-corrected chi connectivity index (χ3v) is 3.73. The number of nitrogens with zero attached hydrogens (tertiary/aromatic N) is 2. The monoisotopic (exact) mass is 210 g/mol. The van der Waals surface area contributed by atoms with E-state index in [9.17, 15) is 0 Å². The van der Waals surface area contributed by atoms with Crippen molar-refractivity contribution in [2.45, 2.75) is 38.3 Å². The van der Waals surface area contributed by atoms with Crippen LogP contribution in [0.4, 0.5) is 0 Å². The van der Waals surface area contributed by atoms with Crippen molar-refractivity contribution in [2.24, 2.45) is 5.73 Å². The van der Waals surface area contributed by atoms with Crippen LogP contribution in [-0.2, 0) is 0 Å². The lowest BCUT2D eigenvalue weighted by molar-refractivity contribution is 0.0616. The van der Waals surface area contributed by atoms with Gasteiger partial charge in [-0.25, -0.2) is 0 Å². The molecule has 2 rings (SSSR count). The summed E-state index contributed by atoms with van der Waals surface area (Å²) >= 11 is 0. The topological polar surface area (TPSA) is 56.4 Å². The van der Waals surface area contributed by atoms with Gasteiger partial charge >= 0.3 is 0 Å². The Bertz CT molecular complexity index is 241. The minimum atomic E-state index is 0.316. The van der Waals surface area contributed by atoms with E-state index in [0.29, 0.717) is 11.9 Å². The average molecular weight is 210 g/mol. The van der Waals surface area contributed by atoms with Crippen molar-refractivity contribution < 1.29 is 0 Å². The van der Waals surface area contributed by atoms with Crippen molar-refractivity contribution in [2.75, 3.05) is 26.2 Å². The predicted octanol–water partition coefficient (Wildman–Crippen LogP) is 0.481. The highest BCUT2D eigenvalue weighted by Gasteiger charge is 2.33. The minimum Gasteiger partial charge on any atom is -0.388 e. The molecule has 0 aromatic rings. The summed E-state index contributed by atoms with van der Waals surface area (Å²) in [6, 6.07) is 1.40. The van der Waals surface area contributed by atoms with E-state index < -0.39 is 0 Å². The van der Waals surface area contributed by atoms with Crippen molar-refractivity contribution in [1.29, 1.82) is 5.41 Å². The van der Waals surface area contributed by atoms with Gasteiger partial charge in [-0.2, -0.15) is 0 Å². The normalized spacial score (nSPS) is 32.9. The Morgan fingerprint density at radius 1 is 1.47 bits per heavy atom. The van der Waals surface area contributed by atoms with Crippen molar-refractivity contribution in [3.05, 3.63) is 0 Å². The molecule has 0 aromatic carbocycles. The van der Waals surface area contributed by atoms with Gasteiger partial charge in [0.15, 0.2) is 0 Å². The molecule has 0 spiro atoms. The molecule has 2 atom stereocenters. The van der Waals surface area contributed by atoms with Gasteiger partial charge in [-0.3, -0.25) is 15.2 Å². The maximum atomic E-state index is 7.27. The fourth-order valence-corrected chi connectivity index (χ4v) is 2.82. The van der Waals surface area contributed by atoms with Crippen molar-refractivity contribution in [3.8, 4) is 0 Å². The summed E-state index contributed by atoms with van der Waals surface area (Å²) in [5.74, 6) is 0.316. The molecule has 2 saturated heterocycles. The Balaban J connectivity index is 1.86. The van der Waals surface area contributed by atoms with E-state index in [1.807, 2.05) is 0 Å². The largest absolute Gasteiger partial charge is 0.388 e. The van der Waals surface area contributed by atoms with Gasteiger partial charge in [-0.1, -0.05) is 0 Å². The fraction of sp³-hybridized carbons (Fsp3) is 0.909. The zero-order chi connectivity index (χ0) is 10.8. The molecule has 2 heterocycles. The quantitative estimate of drug-likeness (QED) is 0.526. The zero-order valence-electron chi connectivity index (χ0n) is 9.58. The number of fused-ring (bicyclic) bond motifs is 1. The number of hydrogen-bond donors (Lipinski definition) is 2. The second kappa shape index (κ2) is 4.49. The van der Waals surface area contributed by atoms with E-state index in [1.54, 1.807) is 0 Å². The number of rotatable bonds is 3. The SMILES string of the molecule is CC1CN2CCCC2CN1CCC(=N)N. The van der Waals surface area contributed by atoms with Gasteiger partial charge in [0.05, 0.1) is 5.84 Å². The first-order chi connectivity index (χ1) is 7.16. The Morgan fingerprint density at radius 3 is 3.00 bits per heavy atom. The molecular weight excluding hydrogens is 188 g/mol. The first-order valence-corrected chi connectivity index (χ1v) is 5.98. The van der Waals surface area contributed by atoms with Crippen LogP contribution in [0.3, 0.4) is 0 Å². The lowest BCUT2D eigenvalue weighted by Crippen LogP contribution is -2.55. The molecule has 0 saturated carbocycles. The molecule has 3 N–H and O–H groups in total. The van der Waals surface area contributed by atoms with Gasteiger partial charge < -0.3 is 5.73 Å². The summed E-state index contributed by atoms with van der Waals surface area (Å²) in [6.07, 6.45) is 3.43. The fourth-order valence-electron chi connectivity index (χ4n) is 2.82. The summed E-state index contributed by atoms with van der Waals surface area (Å²) < 4.78 is 0. The minimum absolute atomic E-state index is 0.316. The number of amidine groups is 1. The summed E-state index contributed by atoms with van der Waals surface area (Å²) in [5, 5.41) is 7.27. The Hall–Kier alpha value is -0.610. The molecule has 4 nitrogen and oxygen atoms in total. The molecule has 2 aliphatic heterocycles. The average Bonchev–Trinajstić information content (AvgIpc) is 2.60. The van der Waals surface area contributed by atoms with Gasteiger partial charge in [0, 0.05) is 38.1 Å². The predicted molar refractivity (Wildman–Crippen MR) is 62.2 cm³/mol. The summed E-state index contributed by atoms with van der Waals surface area (Å²) in [5.41, 5.74) is 5.41. The van der Waals surface area contributed by atoms with E-state index >= 15 is 0 Å². The van der Waals surface area contributed by atoms with E-state index in [-0.39, 0.29) is 0 Å². The van der Waals surface area contributed by atoms with Crippen LogP contribution in [0, 0.1) is 5.41 Å². The van der Waals surface area contributed by atoms with E-state index in [2.05, 4.69) is 16.7 Å². The van der Waals surface area contributed by atoms with Crippen molar-refractivity contribution >= 4 is 5.84 Å². The van der Waals surface area contributed by atoms with Crippen LogP contribution < -0.4 is 5.73 Å². The van der Waals surface area contributed by atoms with Gasteiger partial charge in [-0.15, -0.1) is 0 Å². The van der Waals surface area contributed by atoms with Gasteiger partial charge in [-0.05, 0) is 26.3 Å². The lowest BCUT2D eigenvalue weighted by Gasteiger charge is -2.42. The van der Waals surface area contributed by atoms with Crippen molar-refractivity contribution in [3.63, 3.8) is 0 Å². The molecule has 2 fully saturated rings. The molecule has 0 aromatic heterocycles. The molecule has 0 amide bonds. The number of nitrogens with two attached hydrogens (primary N) is 1. The summed E-state index contributed by atoms with van der Waals surface area (Å²) in [7, 11) is 0. The number of hydrogen-bond acceptors (Lipinski definition) is 3. The Labute approximate surface area is 91.9 Å². The van der Waals surface area contributed by atoms with Crippen LogP contribution >= 0.6 is 0 Å². The number of nitrogens with one attached hydrogen (secondary N) is 1. The molecule has 0 radical (unpaired) electrons. The first kappa shape index (κ1) is 10.9. The van der Waals surface area contributed by atoms with Crippen LogP contribution in [-0.4, -0.2) is 53.9 Å². The second-order valence-corrected chi connectivity index (χ2v) is 4.91. The second-order valence-electron chi connectivity index (χ2n) is 4.91. The summed E-state index contributed by atoms with van der Waals surface area (Å²) in [6.45, 7) is 6.90. The molecule has 4 heteroatoms. The highest BCUT2D eigenvalue weighted by Crippen LogP contribution is 2.24. The molecule has 2 aliphatic rings. The maximum absolute atomic E-state index is 7.27. The molecule has 0 aliphatic carbocycles. The molecular formula is C11H22N4. The molecule has 0 bridgehead atoms.